The van der Waals surface area contributed by atoms with E-state index in [2.05, 4.69) is 10.00 Å². The van der Waals surface area contributed by atoms with Gasteiger partial charge in [0.05, 0.1) is 11.6 Å². The molecule has 1 saturated heterocycles. The Hall–Kier alpha value is -1.36. The lowest BCUT2D eigenvalue weighted by Gasteiger charge is -2.41. The number of likely N-dealkylation sites (tertiary alicyclic amines) is 1. The molecule has 1 aromatic heterocycles. The van der Waals surface area contributed by atoms with Gasteiger partial charge in [-0.15, -0.1) is 0 Å². The fourth-order valence-electron chi connectivity index (χ4n) is 2.30. The first kappa shape index (κ1) is 12.1. The molecule has 5 heteroatoms. The summed E-state index contributed by atoms with van der Waals surface area (Å²) in [7, 11) is 1.92. The highest BCUT2D eigenvalue weighted by Crippen LogP contribution is 2.26. The SMILES string of the molecule is Cc1nn(C)cc1CN1CC(C(C)C(=O)O)C1. The maximum atomic E-state index is 10.8. The van der Waals surface area contributed by atoms with E-state index in [1.54, 1.807) is 6.92 Å². The summed E-state index contributed by atoms with van der Waals surface area (Å²) in [4.78, 5) is 13.1. The van der Waals surface area contributed by atoms with Gasteiger partial charge in [0.15, 0.2) is 0 Å². The van der Waals surface area contributed by atoms with Crippen molar-refractivity contribution in [2.24, 2.45) is 18.9 Å². The van der Waals surface area contributed by atoms with Crippen molar-refractivity contribution in [1.82, 2.24) is 14.7 Å². The molecule has 5 nitrogen and oxygen atoms in total. The number of aromatic nitrogens is 2. The zero-order chi connectivity index (χ0) is 12.6. The van der Waals surface area contributed by atoms with Gasteiger partial charge in [-0.1, -0.05) is 6.92 Å². The van der Waals surface area contributed by atoms with Crippen LogP contribution < -0.4 is 0 Å². The number of carboxylic acids is 1. The zero-order valence-corrected chi connectivity index (χ0v) is 10.6. The molecule has 1 atom stereocenters. The van der Waals surface area contributed by atoms with Gasteiger partial charge in [0.1, 0.15) is 0 Å². The summed E-state index contributed by atoms with van der Waals surface area (Å²) in [6, 6.07) is 0. The average molecular weight is 237 g/mol. The van der Waals surface area contributed by atoms with Gasteiger partial charge in [0, 0.05) is 38.4 Å². The third-order valence-electron chi connectivity index (χ3n) is 3.59. The van der Waals surface area contributed by atoms with Crippen LogP contribution in [0.25, 0.3) is 0 Å². The highest BCUT2D eigenvalue weighted by Gasteiger charge is 2.34. The third kappa shape index (κ3) is 2.49. The zero-order valence-electron chi connectivity index (χ0n) is 10.6. The molecule has 0 bridgehead atoms. The van der Waals surface area contributed by atoms with Crippen LogP contribution >= 0.6 is 0 Å². The van der Waals surface area contributed by atoms with Crippen molar-refractivity contribution in [1.29, 1.82) is 0 Å². The topological polar surface area (TPSA) is 58.4 Å². The second-order valence-electron chi connectivity index (χ2n) is 4.99. The van der Waals surface area contributed by atoms with Gasteiger partial charge >= 0.3 is 5.97 Å². The average Bonchev–Trinajstić information content (AvgIpc) is 2.49. The van der Waals surface area contributed by atoms with Gasteiger partial charge in [-0.25, -0.2) is 0 Å². The lowest BCUT2D eigenvalue weighted by molar-refractivity contribution is -0.145. The molecular formula is C12H19N3O2. The number of hydrogen-bond donors (Lipinski definition) is 1. The van der Waals surface area contributed by atoms with Crippen molar-refractivity contribution in [3.8, 4) is 0 Å². The molecule has 0 radical (unpaired) electrons. The summed E-state index contributed by atoms with van der Waals surface area (Å²) >= 11 is 0. The van der Waals surface area contributed by atoms with E-state index in [0.717, 1.165) is 25.3 Å². The Kier molecular flexibility index (Phi) is 3.19. The minimum Gasteiger partial charge on any atom is -0.481 e. The third-order valence-corrected chi connectivity index (χ3v) is 3.59. The van der Waals surface area contributed by atoms with Crippen LogP contribution in [0.4, 0.5) is 0 Å². The van der Waals surface area contributed by atoms with Crippen LogP contribution in [0.15, 0.2) is 6.20 Å². The van der Waals surface area contributed by atoms with Crippen LogP contribution in [0.5, 0.6) is 0 Å². The van der Waals surface area contributed by atoms with E-state index >= 15 is 0 Å². The fraction of sp³-hybridized carbons (Fsp3) is 0.667. The quantitative estimate of drug-likeness (QED) is 0.844. The smallest absolute Gasteiger partial charge is 0.306 e. The first-order chi connectivity index (χ1) is 7.97. The van der Waals surface area contributed by atoms with Gasteiger partial charge < -0.3 is 5.11 Å². The van der Waals surface area contributed by atoms with Crippen molar-refractivity contribution in [2.75, 3.05) is 13.1 Å². The summed E-state index contributed by atoms with van der Waals surface area (Å²) in [6.07, 6.45) is 2.03. The Bertz CT molecular complexity index is 421. The maximum Gasteiger partial charge on any atom is 0.306 e. The predicted octanol–water partition coefficient (Wildman–Crippen LogP) is 0.881. The number of carbonyl (C=O) groups is 1. The standard InChI is InChI=1S/C12H19N3O2/c1-8(12(16)17)10-5-15(6-10)7-11-4-14(3)13-9(11)2/h4,8,10H,5-7H2,1-3H3,(H,16,17). The van der Waals surface area contributed by atoms with Crippen LogP contribution in [-0.2, 0) is 18.4 Å². The van der Waals surface area contributed by atoms with Crippen LogP contribution in [0.2, 0.25) is 0 Å². The molecule has 0 saturated carbocycles. The minimum atomic E-state index is -0.688. The van der Waals surface area contributed by atoms with Crippen molar-refractivity contribution in [3.63, 3.8) is 0 Å². The van der Waals surface area contributed by atoms with E-state index in [9.17, 15) is 4.79 Å². The maximum absolute atomic E-state index is 10.8. The molecule has 94 valence electrons. The second kappa shape index (κ2) is 4.49. The van der Waals surface area contributed by atoms with E-state index < -0.39 is 5.97 Å². The van der Waals surface area contributed by atoms with Crippen molar-refractivity contribution in [3.05, 3.63) is 17.5 Å². The summed E-state index contributed by atoms with van der Waals surface area (Å²) in [5.41, 5.74) is 2.29. The van der Waals surface area contributed by atoms with Gasteiger partial charge in [-0.3, -0.25) is 14.4 Å². The van der Waals surface area contributed by atoms with E-state index in [4.69, 9.17) is 5.11 Å². The molecule has 1 aliphatic rings. The van der Waals surface area contributed by atoms with Gasteiger partial charge in [-0.2, -0.15) is 5.10 Å². The number of hydrogen-bond acceptors (Lipinski definition) is 3. The van der Waals surface area contributed by atoms with Crippen LogP contribution in [0.3, 0.4) is 0 Å². The first-order valence-electron chi connectivity index (χ1n) is 5.91. The Balaban J connectivity index is 1.85. The van der Waals surface area contributed by atoms with Gasteiger partial charge in [0.2, 0.25) is 0 Å². The molecule has 0 aliphatic carbocycles. The fourth-order valence-corrected chi connectivity index (χ4v) is 2.30. The molecule has 1 aliphatic heterocycles. The highest BCUT2D eigenvalue weighted by molar-refractivity contribution is 5.70. The van der Waals surface area contributed by atoms with E-state index in [-0.39, 0.29) is 5.92 Å². The molecule has 1 aromatic rings. The monoisotopic (exact) mass is 237 g/mol. The van der Waals surface area contributed by atoms with E-state index in [1.165, 1.54) is 5.56 Å². The number of rotatable bonds is 4. The summed E-state index contributed by atoms with van der Waals surface area (Å²) in [5.74, 6) is -0.627. The molecule has 2 heterocycles. The Morgan fingerprint density at radius 2 is 2.29 bits per heavy atom. The molecule has 2 rings (SSSR count). The van der Waals surface area contributed by atoms with Crippen molar-refractivity contribution < 1.29 is 9.90 Å². The highest BCUT2D eigenvalue weighted by atomic mass is 16.4. The molecule has 1 fully saturated rings. The molecule has 1 N–H and O–H groups in total. The first-order valence-corrected chi connectivity index (χ1v) is 5.91. The molecule has 0 amide bonds. The summed E-state index contributed by atoms with van der Waals surface area (Å²) in [6.45, 7) is 6.43. The van der Waals surface area contributed by atoms with Gasteiger partial charge in [-0.05, 0) is 12.8 Å². The van der Waals surface area contributed by atoms with Crippen LogP contribution in [-0.4, -0.2) is 38.8 Å². The Morgan fingerprint density at radius 3 is 2.76 bits per heavy atom. The van der Waals surface area contributed by atoms with E-state index in [0.29, 0.717) is 5.92 Å². The van der Waals surface area contributed by atoms with Crippen molar-refractivity contribution in [2.45, 2.75) is 20.4 Å². The number of nitrogens with zero attached hydrogens (tertiary/aromatic N) is 3. The van der Waals surface area contributed by atoms with Crippen LogP contribution in [0, 0.1) is 18.8 Å². The molecular weight excluding hydrogens is 218 g/mol. The normalized spacial score (nSPS) is 19.0. The van der Waals surface area contributed by atoms with Crippen molar-refractivity contribution >= 4 is 5.97 Å². The lowest BCUT2D eigenvalue weighted by atomic mass is 9.87. The molecule has 1 unspecified atom stereocenters. The Morgan fingerprint density at radius 1 is 1.65 bits per heavy atom. The lowest BCUT2D eigenvalue weighted by Crippen LogP contribution is -2.50. The molecule has 17 heavy (non-hydrogen) atoms. The predicted molar refractivity (Wildman–Crippen MR) is 63.5 cm³/mol. The second-order valence-corrected chi connectivity index (χ2v) is 4.99. The minimum absolute atomic E-state index is 0.235. The number of aryl methyl sites for hydroxylation is 2. The summed E-state index contributed by atoms with van der Waals surface area (Å²) in [5, 5.41) is 13.2. The van der Waals surface area contributed by atoms with Crippen LogP contribution in [0.1, 0.15) is 18.2 Å². The molecule has 0 spiro atoms. The summed E-state index contributed by atoms with van der Waals surface area (Å²) < 4.78 is 1.82. The van der Waals surface area contributed by atoms with Gasteiger partial charge in [0.25, 0.3) is 0 Å². The Labute approximate surface area is 101 Å². The number of carboxylic acid groups (broad SMARTS) is 1. The largest absolute Gasteiger partial charge is 0.481 e. The molecule has 0 aromatic carbocycles. The number of aliphatic carboxylic acids is 1. The van der Waals surface area contributed by atoms with E-state index in [1.807, 2.05) is 24.9 Å².